The average Bonchev–Trinajstić information content (AvgIpc) is 2.96. The number of thiazole rings is 1. The van der Waals surface area contributed by atoms with Crippen LogP contribution in [0.5, 0.6) is 0 Å². The van der Waals surface area contributed by atoms with Crippen molar-refractivity contribution in [1.82, 2.24) is 9.65 Å². The highest BCUT2D eigenvalue weighted by Crippen LogP contribution is 2.22. The molecule has 136 valence electrons. The Hall–Kier alpha value is -1.82. The van der Waals surface area contributed by atoms with Gasteiger partial charge in [0.2, 0.25) is 0 Å². The molecule has 0 amide bonds. The van der Waals surface area contributed by atoms with Crippen molar-refractivity contribution >= 4 is 38.1 Å². The van der Waals surface area contributed by atoms with Gasteiger partial charge in [-0.3, -0.25) is 9.46 Å². The van der Waals surface area contributed by atoms with Crippen LogP contribution in [0.2, 0.25) is 0 Å². The van der Waals surface area contributed by atoms with Crippen molar-refractivity contribution in [3.05, 3.63) is 45.5 Å². The molecule has 2 heterocycles. The highest BCUT2D eigenvalue weighted by molar-refractivity contribution is 7.17. The number of aromatic carboxylic acids is 1. The molecule has 0 saturated carbocycles. The van der Waals surface area contributed by atoms with Gasteiger partial charge in [0.05, 0.1) is 5.69 Å². The van der Waals surface area contributed by atoms with E-state index in [9.17, 15) is 9.59 Å². The third-order valence-electron chi connectivity index (χ3n) is 3.61. The molecule has 0 spiro atoms. The van der Waals surface area contributed by atoms with E-state index in [1.54, 1.807) is 14.0 Å². The van der Waals surface area contributed by atoms with Gasteiger partial charge in [-0.2, -0.15) is 0 Å². The number of carbonyl (C=O) groups excluding carboxylic acids is 1. The number of benzene rings is 1. The first-order chi connectivity index (χ1) is 11.4. The molecule has 1 aromatic carbocycles. The molecule has 1 aliphatic heterocycles. The Balaban J connectivity index is 0.000000244. The predicted octanol–water partition coefficient (Wildman–Crippen LogP) is 3.47. The van der Waals surface area contributed by atoms with Gasteiger partial charge in [-0.05, 0) is 30.5 Å². The molecule has 0 aliphatic carbocycles. The number of aldehydes is 1. The Morgan fingerprint density at radius 3 is 2.68 bits per heavy atom. The van der Waals surface area contributed by atoms with Crippen LogP contribution in [0.1, 0.15) is 44.3 Å². The molecule has 0 bridgehead atoms. The number of fused-ring (bicyclic) bond motifs is 1. The summed E-state index contributed by atoms with van der Waals surface area (Å²) < 4.78 is 2.21. The number of anilines is 1. The molecular formula is C17H24N3O3PS. The number of aryl methyl sites for hydroxylation is 1. The van der Waals surface area contributed by atoms with E-state index in [2.05, 4.69) is 30.4 Å². The molecule has 8 heteroatoms. The third kappa shape index (κ3) is 5.59. The van der Waals surface area contributed by atoms with Crippen LogP contribution in [0.4, 0.5) is 5.13 Å². The number of hydrogen-bond donors (Lipinski definition) is 2. The Labute approximate surface area is 154 Å². The summed E-state index contributed by atoms with van der Waals surface area (Å²) in [6, 6.07) is 5.94. The number of carboxylic acids is 1. The second-order valence-corrected chi connectivity index (χ2v) is 7.08. The zero-order chi connectivity index (χ0) is 17.7. The van der Waals surface area contributed by atoms with Crippen LogP contribution in [0.3, 0.4) is 0 Å². The van der Waals surface area contributed by atoms with Crippen LogP contribution < -0.4 is 5.32 Å². The summed E-state index contributed by atoms with van der Waals surface area (Å²) in [4.78, 5) is 25.3. The van der Waals surface area contributed by atoms with E-state index in [0.717, 1.165) is 42.7 Å². The summed E-state index contributed by atoms with van der Waals surface area (Å²) in [5, 5.41) is 12.0. The lowest BCUT2D eigenvalue weighted by Crippen LogP contribution is -2.21. The van der Waals surface area contributed by atoms with Crippen LogP contribution in [0, 0.1) is 6.92 Å². The van der Waals surface area contributed by atoms with Gasteiger partial charge in [0.15, 0.2) is 5.13 Å². The SMILES string of the molecule is C.CNc1nc(C)c(C(=O)O)s1.O=Cc1ccc2c(c1)CCN(P)C2. The summed E-state index contributed by atoms with van der Waals surface area (Å²) in [6.07, 6.45) is 1.95. The summed E-state index contributed by atoms with van der Waals surface area (Å²) >= 11 is 1.15. The molecule has 0 saturated heterocycles. The minimum Gasteiger partial charge on any atom is -0.477 e. The zero-order valence-corrected chi connectivity index (χ0v) is 15.5. The Morgan fingerprint density at radius 1 is 1.44 bits per heavy atom. The number of carbonyl (C=O) groups is 2. The number of nitrogens with zero attached hydrogens (tertiary/aromatic N) is 2. The molecule has 0 radical (unpaired) electrons. The highest BCUT2D eigenvalue weighted by Gasteiger charge is 2.13. The molecule has 2 aromatic rings. The van der Waals surface area contributed by atoms with E-state index in [-0.39, 0.29) is 7.43 Å². The molecule has 1 aliphatic rings. The summed E-state index contributed by atoms with van der Waals surface area (Å²) in [7, 11) is 4.43. The van der Waals surface area contributed by atoms with Crippen LogP contribution >= 0.6 is 20.7 Å². The van der Waals surface area contributed by atoms with E-state index < -0.39 is 5.97 Å². The van der Waals surface area contributed by atoms with Gasteiger partial charge < -0.3 is 10.4 Å². The molecule has 25 heavy (non-hydrogen) atoms. The largest absolute Gasteiger partial charge is 0.477 e. The van der Waals surface area contributed by atoms with Crippen molar-refractivity contribution < 1.29 is 14.7 Å². The van der Waals surface area contributed by atoms with E-state index >= 15 is 0 Å². The van der Waals surface area contributed by atoms with Gasteiger partial charge in [0.1, 0.15) is 11.2 Å². The lowest BCUT2D eigenvalue weighted by atomic mass is 9.99. The second-order valence-electron chi connectivity index (χ2n) is 5.36. The zero-order valence-electron chi connectivity index (χ0n) is 13.6. The van der Waals surface area contributed by atoms with Crippen molar-refractivity contribution in [1.29, 1.82) is 0 Å². The average molecular weight is 381 g/mol. The van der Waals surface area contributed by atoms with Gasteiger partial charge in [-0.25, -0.2) is 9.78 Å². The van der Waals surface area contributed by atoms with E-state index in [1.165, 1.54) is 11.1 Å². The van der Waals surface area contributed by atoms with Crippen LogP contribution in [-0.4, -0.2) is 40.6 Å². The maximum Gasteiger partial charge on any atom is 0.347 e. The molecular weight excluding hydrogens is 357 g/mol. The fraction of sp³-hybridized carbons (Fsp3) is 0.353. The molecule has 2 N–H and O–H groups in total. The minimum atomic E-state index is -0.915. The minimum absolute atomic E-state index is 0. The van der Waals surface area contributed by atoms with Gasteiger partial charge in [0.25, 0.3) is 0 Å². The monoisotopic (exact) mass is 381 g/mol. The quantitative estimate of drug-likeness (QED) is 0.626. The van der Waals surface area contributed by atoms with Crippen molar-refractivity contribution in [2.75, 3.05) is 18.9 Å². The number of nitrogens with one attached hydrogen (secondary N) is 1. The van der Waals surface area contributed by atoms with E-state index in [1.807, 2.05) is 12.1 Å². The van der Waals surface area contributed by atoms with E-state index in [0.29, 0.717) is 15.7 Å². The fourth-order valence-corrected chi connectivity index (χ4v) is 3.45. The Kier molecular flexibility index (Phi) is 8.16. The summed E-state index contributed by atoms with van der Waals surface area (Å²) in [5.41, 5.74) is 4.01. The molecule has 1 atom stereocenters. The van der Waals surface area contributed by atoms with Gasteiger partial charge >= 0.3 is 5.97 Å². The number of hydrogen-bond acceptors (Lipinski definition) is 6. The number of aromatic nitrogens is 1. The van der Waals surface area contributed by atoms with Crippen LogP contribution in [0.25, 0.3) is 0 Å². The van der Waals surface area contributed by atoms with Gasteiger partial charge in [-0.1, -0.05) is 40.3 Å². The maximum absolute atomic E-state index is 10.5. The normalized spacial score (nSPS) is 12.9. The molecule has 0 fully saturated rings. The Bertz CT molecular complexity index is 749. The third-order valence-corrected chi connectivity index (χ3v) is 5.22. The van der Waals surface area contributed by atoms with Gasteiger partial charge in [0, 0.05) is 25.7 Å². The van der Waals surface area contributed by atoms with Crippen LogP contribution in [-0.2, 0) is 13.0 Å². The highest BCUT2D eigenvalue weighted by atomic mass is 32.1. The van der Waals surface area contributed by atoms with Crippen LogP contribution in [0.15, 0.2) is 18.2 Å². The first-order valence-electron chi connectivity index (χ1n) is 7.39. The molecule has 1 unspecified atom stereocenters. The number of carboxylic acid groups (broad SMARTS) is 1. The van der Waals surface area contributed by atoms with Crippen molar-refractivity contribution in [3.8, 4) is 0 Å². The summed E-state index contributed by atoms with van der Waals surface area (Å²) in [6.45, 7) is 3.71. The Morgan fingerprint density at radius 2 is 2.16 bits per heavy atom. The van der Waals surface area contributed by atoms with Crippen molar-refractivity contribution in [3.63, 3.8) is 0 Å². The lowest BCUT2D eigenvalue weighted by Gasteiger charge is -2.24. The smallest absolute Gasteiger partial charge is 0.347 e. The summed E-state index contributed by atoms with van der Waals surface area (Å²) in [5.74, 6) is -0.915. The molecule has 1 aromatic heterocycles. The second kappa shape index (κ2) is 9.61. The van der Waals surface area contributed by atoms with E-state index in [4.69, 9.17) is 5.11 Å². The predicted molar refractivity (Wildman–Crippen MR) is 106 cm³/mol. The first-order valence-corrected chi connectivity index (χ1v) is 8.73. The van der Waals surface area contributed by atoms with Crippen molar-refractivity contribution in [2.24, 2.45) is 0 Å². The number of rotatable bonds is 3. The maximum atomic E-state index is 10.5. The fourth-order valence-electron chi connectivity index (χ4n) is 2.37. The standard InChI is InChI=1S/C10H12NOP.C6H8N2O2S.CH4/c12-7-8-1-2-10-6-11(13)4-3-9(10)5-8;1-3-4(5(9)10)11-6(7-2)8-3;/h1-2,5,7H,3-4,6,13H2;1-2H3,(H,7,8)(H,9,10);1H4. The molecule has 3 rings (SSSR count). The van der Waals surface area contributed by atoms with Gasteiger partial charge in [-0.15, -0.1) is 0 Å². The van der Waals surface area contributed by atoms with Crippen molar-refractivity contribution in [2.45, 2.75) is 27.3 Å². The lowest BCUT2D eigenvalue weighted by molar-refractivity contribution is 0.0701. The topological polar surface area (TPSA) is 82.5 Å². The molecule has 6 nitrogen and oxygen atoms in total. The first kappa shape index (κ1) is 21.2.